The minimum atomic E-state index is -0.572. The maximum atomic E-state index is 11.9. The van der Waals surface area contributed by atoms with Gasteiger partial charge in [-0.2, -0.15) is 0 Å². The molecule has 1 aliphatic carbocycles. The van der Waals surface area contributed by atoms with Crippen molar-refractivity contribution in [2.45, 2.75) is 70.5 Å². The first kappa shape index (κ1) is 15.0. The van der Waals surface area contributed by atoms with Crippen molar-refractivity contribution in [2.24, 2.45) is 5.73 Å². The van der Waals surface area contributed by atoms with Gasteiger partial charge in [0.05, 0.1) is 5.54 Å². The summed E-state index contributed by atoms with van der Waals surface area (Å²) in [6.07, 6.45) is 6.36. The molecule has 20 heavy (non-hydrogen) atoms. The third-order valence-electron chi connectivity index (χ3n) is 4.13. The van der Waals surface area contributed by atoms with E-state index in [1.165, 1.54) is 0 Å². The van der Waals surface area contributed by atoms with Crippen LogP contribution >= 0.6 is 0 Å². The zero-order valence-electron chi connectivity index (χ0n) is 12.9. The van der Waals surface area contributed by atoms with Gasteiger partial charge in [0, 0.05) is 30.4 Å². The molecule has 0 aromatic carbocycles. The molecule has 5 nitrogen and oxygen atoms in total. The van der Waals surface area contributed by atoms with Gasteiger partial charge in [-0.25, -0.2) is 4.98 Å². The van der Waals surface area contributed by atoms with Crippen LogP contribution in [0.25, 0.3) is 0 Å². The monoisotopic (exact) mass is 278 g/mol. The predicted octanol–water partition coefficient (Wildman–Crippen LogP) is 1.95. The Morgan fingerprint density at radius 2 is 2.20 bits per heavy atom. The van der Waals surface area contributed by atoms with E-state index in [2.05, 4.69) is 42.6 Å². The number of amides is 1. The summed E-state index contributed by atoms with van der Waals surface area (Å²) in [5, 5.41) is 3.39. The van der Waals surface area contributed by atoms with Crippen LogP contribution in [0.4, 0.5) is 0 Å². The van der Waals surface area contributed by atoms with Crippen molar-refractivity contribution in [3.05, 3.63) is 18.2 Å². The van der Waals surface area contributed by atoms with Crippen molar-refractivity contribution in [3.63, 3.8) is 0 Å². The van der Waals surface area contributed by atoms with Crippen LogP contribution in [0.3, 0.4) is 0 Å². The molecule has 1 amide bonds. The smallest absolute Gasteiger partial charge is 0.237 e. The molecule has 1 fully saturated rings. The summed E-state index contributed by atoms with van der Waals surface area (Å²) >= 11 is 0. The number of primary amides is 1. The zero-order chi connectivity index (χ0) is 14.9. The molecule has 1 saturated carbocycles. The van der Waals surface area contributed by atoms with E-state index in [0.717, 1.165) is 25.1 Å². The van der Waals surface area contributed by atoms with E-state index in [-0.39, 0.29) is 11.9 Å². The third kappa shape index (κ3) is 2.73. The zero-order valence-corrected chi connectivity index (χ0v) is 12.9. The number of carbonyl (C=O) groups excluding carboxylic acids is 1. The normalized spacial score (nSPS) is 26.6. The first-order valence-electron chi connectivity index (χ1n) is 7.46. The van der Waals surface area contributed by atoms with Crippen LogP contribution in [0.15, 0.2) is 12.4 Å². The number of nitrogens with two attached hydrogens (primary N) is 1. The Balaban J connectivity index is 2.22. The second kappa shape index (κ2) is 5.56. The van der Waals surface area contributed by atoms with Crippen LogP contribution in [0, 0.1) is 0 Å². The summed E-state index contributed by atoms with van der Waals surface area (Å²) in [6.45, 7) is 8.38. The lowest BCUT2D eigenvalue weighted by atomic mass is 9.95. The lowest BCUT2D eigenvalue weighted by Gasteiger charge is -2.30. The lowest BCUT2D eigenvalue weighted by molar-refractivity contribution is -0.124. The highest BCUT2D eigenvalue weighted by Crippen LogP contribution is 2.39. The Morgan fingerprint density at radius 3 is 2.75 bits per heavy atom. The standard InChI is InChI=1S/C15H26N4O/c1-10(2)13-17-7-8-19(13)12-5-6-15(9-12,14(16)20)18-11(3)4/h7-8,10-12,18H,5-6,9H2,1-4H3,(H2,16,20). The number of rotatable bonds is 5. The summed E-state index contributed by atoms with van der Waals surface area (Å²) in [5.41, 5.74) is 5.10. The molecule has 3 N–H and O–H groups in total. The van der Waals surface area contributed by atoms with Crippen molar-refractivity contribution >= 4 is 5.91 Å². The number of carbonyl (C=O) groups is 1. The molecular weight excluding hydrogens is 252 g/mol. The Hall–Kier alpha value is -1.36. The van der Waals surface area contributed by atoms with Gasteiger partial charge in [-0.05, 0) is 33.1 Å². The number of hydrogen-bond donors (Lipinski definition) is 2. The molecule has 1 aliphatic rings. The minimum Gasteiger partial charge on any atom is -0.368 e. The average Bonchev–Trinajstić information content (AvgIpc) is 2.93. The van der Waals surface area contributed by atoms with Gasteiger partial charge >= 0.3 is 0 Å². The summed E-state index contributed by atoms with van der Waals surface area (Å²) in [5.74, 6) is 1.23. The van der Waals surface area contributed by atoms with Gasteiger partial charge in [-0.3, -0.25) is 4.79 Å². The maximum absolute atomic E-state index is 11.9. The lowest BCUT2D eigenvalue weighted by Crippen LogP contribution is -2.56. The molecule has 1 aromatic heterocycles. The summed E-state index contributed by atoms with van der Waals surface area (Å²) in [4.78, 5) is 16.4. The van der Waals surface area contributed by atoms with Gasteiger partial charge in [-0.1, -0.05) is 13.8 Å². The van der Waals surface area contributed by atoms with Crippen LogP contribution in [0.5, 0.6) is 0 Å². The van der Waals surface area contributed by atoms with Crippen LogP contribution in [0.1, 0.15) is 64.7 Å². The van der Waals surface area contributed by atoms with E-state index in [9.17, 15) is 4.79 Å². The van der Waals surface area contributed by atoms with Crippen molar-refractivity contribution in [2.75, 3.05) is 0 Å². The molecular formula is C15H26N4O. The summed E-state index contributed by atoms with van der Waals surface area (Å²) < 4.78 is 2.22. The quantitative estimate of drug-likeness (QED) is 0.864. The number of nitrogens with one attached hydrogen (secondary N) is 1. The van der Waals surface area contributed by atoms with Gasteiger partial charge < -0.3 is 15.6 Å². The highest BCUT2D eigenvalue weighted by atomic mass is 16.1. The van der Waals surface area contributed by atoms with Crippen molar-refractivity contribution in [1.29, 1.82) is 0 Å². The number of hydrogen-bond acceptors (Lipinski definition) is 3. The average molecular weight is 278 g/mol. The summed E-state index contributed by atoms with van der Waals surface area (Å²) in [7, 11) is 0. The van der Waals surface area contributed by atoms with Crippen molar-refractivity contribution in [3.8, 4) is 0 Å². The summed E-state index contributed by atoms with van der Waals surface area (Å²) in [6, 6.07) is 0.544. The molecule has 0 spiro atoms. The molecule has 0 radical (unpaired) electrons. The van der Waals surface area contributed by atoms with E-state index in [4.69, 9.17) is 5.73 Å². The number of imidazole rings is 1. The van der Waals surface area contributed by atoms with E-state index in [1.54, 1.807) is 0 Å². The van der Waals surface area contributed by atoms with Crippen molar-refractivity contribution < 1.29 is 4.79 Å². The van der Waals surface area contributed by atoms with E-state index >= 15 is 0 Å². The molecule has 1 heterocycles. The van der Waals surface area contributed by atoms with E-state index < -0.39 is 5.54 Å². The highest BCUT2D eigenvalue weighted by Gasteiger charge is 2.45. The van der Waals surface area contributed by atoms with Gasteiger partial charge in [0.15, 0.2) is 0 Å². The third-order valence-corrected chi connectivity index (χ3v) is 4.13. The largest absolute Gasteiger partial charge is 0.368 e. The van der Waals surface area contributed by atoms with Crippen LogP contribution in [0.2, 0.25) is 0 Å². The first-order chi connectivity index (χ1) is 9.35. The molecule has 0 bridgehead atoms. The predicted molar refractivity (Wildman–Crippen MR) is 79.4 cm³/mol. The second-order valence-corrected chi connectivity index (χ2v) is 6.49. The van der Waals surface area contributed by atoms with Crippen molar-refractivity contribution in [1.82, 2.24) is 14.9 Å². The molecule has 2 atom stereocenters. The molecule has 112 valence electrons. The Bertz CT molecular complexity index is 480. The van der Waals surface area contributed by atoms with Gasteiger partial charge in [0.25, 0.3) is 0 Å². The van der Waals surface area contributed by atoms with Gasteiger partial charge in [0.2, 0.25) is 5.91 Å². The van der Waals surface area contributed by atoms with Crippen LogP contribution in [-0.2, 0) is 4.79 Å². The minimum absolute atomic E-state index is 0.236. The SMILES string of the molecule is CC(C)NC1(C(N)=O)CCC(n2ccnc2C(C)C)C1. The number of nitrogens with zero attached hydrogens (tertiary/aromatic N) is 2. The molecule has 0 aliphatic heterocycles. The molecule has 0 saturated heterocycles. The highest BCUT2D eigenvalue weighted by molar-refractivity contribution is 5.85. The topological polar surface area (TPSA) is 72.9 Å². The molecule has 2 rings (SSSR count). The van der Waals surface area contributed by atoms with Gasteiger partial charge in [0.1, 0.15) is 5.82 Å². The van der Waals surface area contributed by atoms with E-state index in [0.29, 0.717) is 12.0 Å². The van der Waals surface area contributed by atoms with Crippen LogP contribution < -0.4 is 11.1 Å². The Kier molecular flexibility index (Phi) is 4.18. The number of aromatic nitrogens is 2. The molecule has 1 aromatic rings. The molecule has 2 unspecified atom stereocenters. The fraction of sp³-hybridized carbons (Fsp3) is 0.733. The molecule has 5 heteroatoms. The van der Waals surface area contributed by atoms with Crippen LogP contribution in [-0.4, -0.2) is 27.0 Å². The Morgan fingerprint density at radius 1 is 1.50 bits per heavy atom. The maximum Gasteiger partial charge on any atom is 0.237 e. The first-order valence-corrected chi connectivity index (χ1v) is 7.46. The fourth-order valence-corrected chi connectivity index (χ4v) is 3.32. The van der Waals surface area contributed by atoms with E-state index in [1.807, 2.05) is 12.4 Å². The second-order valence-electron chi connectivity index (χ2n) is 6.49. The fourth-order valence-electron chi connectivity index (χ4n) is 3.32. The Labute approximate surface area is 120 Å². The van der Waals surface area contributed by atoms with Gasteiger partial charge in [-0.15, -0.1) is 0 Å².